The lowest BCUT2D eigenvalue weighted by molar-refractivity contribution is -0.117. The van der Waals surface area contributed by atoms with Crippen LogP contribution in [-0.2, 0) is 11.2 Å². The first-order valence-corrected chi connectivity index (χ1v) is 6.89. The molecule has 0 saturated carbocycles. The highest BCUT2D eigenvalue weighted by atomic mass is 35.5. The zero-order valence-corrected chi connectivity index (χ0v) is 11.6. The lowest BCUT2D eigenvalue weighted by Gasteiger charge is -2.08. The van der Waals surface area contributed by atoms with Gasteiger partial charge in [-0.15, -0.1) is 23.2 Å². The summed E-state index contributed by atoms with van der Waals surface area (Å²) in [6, 6.07) is 8.19. The molecule has 0 amide bonds. The van der Waals surface area contributed by atoms with Gasteiger partial charge in [-0.2, -0.15) is 0 Å². The van der Waals surface area contributed by atoms with Crippen LogP contribution in [0.5, 0.6) is 0 Å². The summed E-state index contributed by atoms with van der Waals surface area (Å²) in [4.78, 5) is 11.0. The van der Waals surface area contributed by atoms with Gasteiger partial charge in [0.25, 0.3) is 0 Å². The van der Waals surface area contributed by atoms with Crippen molar-refractivity contribution < 1.29 is 4.79 Å². The molecule has 94 valence electrons. The first-order chi connectivity index (χ1) is 8.13. The minimum Gasteiger partial charge on any atom is -0.300 e. The van der Waals surface area contributed by atoms with E-state index in [1.165, 1.54) is 5.56 Å². The summed E-state index contributed by atoms with van der Waals surface area (Å²) >= 11 is 11.8. The van der Waals surface area contributed by atoms with Gasteiger partial charge in [-0.1, -0.05) is 24.3 Å². The monoisotopic (exact) mass is 272 g/mol. The number of carbonyl (C=O) groups is 1. The van der Waals surface area contributed by atoms with E-state index in [1.807, 2.05) is 12.1 Å². The molecule has 0 radical (unpaired) electrons. The maximum absolute atomic E-state index is 11.0. The second kappa shape index (κ2) is 7.73. The summed E-state index contributed by atoms with van der Waals surface area (Å²) in [5.41, 5.74) is 2.31. The van der Waals surface area contributed by atoms with E-state index in [2.05, 4.69) is 12.1 Å². The Morgan fingerprint density at radius 2 is 1.88 bits per heavy atom. The van der Waals surface area contributed by atoms with E-state index in [9.17, 15) is 4.79 Å². The average molecular weight is 273 g/mol. The summed E-state index contributed by atoms with van der Waals surface area (Å²) in [7, 11) is 0. The molecule has 0 heterocycles. The van der Waals surface area contributed by atoms with Crippen LogP contribution in [0.4, 0.5) is 0 Å². The van der Waals surface area contributed by atoms with Gasteiger partial charge in [-0.3, -0.25) is 4.79 Å². The van der Waals surface area contributed by atoms with Crippen LogP contribution in [0.3, 0.4) is 0 Å². The molecule has 0 fully saturated rings. The summed E-state index contributed by atoms with van der Waals surface area (Å²) in [5, 5.41) is -0.204. The number of carbonyl (C=O) groups excluding carboxylic acids is 1. The van der Waals surface area contributed by atoms with Gasteiger partial charge >= 0.3 is 0 Å². The average Bonchev–Trinajstić information content (AvgIpc) is 2.29. The Morgan fingerprint density at radius 1 is 1.24 bits per heavy atom. The zero-order chi connectivity index (χ0) is 12.7. The number of halogens is 2. The third kappa shape index (κ3) is 5.56. The van der Waals surface area contributed by atoms with E-state index in [1.54, 1.807) is 6.92 Å². The fraction of sp³-hybridized carbons (Fsp3) is 0.500. The molecular weight excluding hydrogens is 255 g/mol. The van der Waals surface area contributed by atoms with Crippen LogP contribution >= 0.6 is 23.2 Å². The van der Waals surface area contributed by atoms with Gasteiger partial charge in [-0.25, -0.2) is 0 Å². The Balaban J connectivity index is 2.52. The van der Waals surface area contributed by atoms with E-state index in [-0.39, 0.29) is 11.2 Å². The van der Waals surface area contributed by atoms with Crippen LogP contribution in [0, 0.1) is 0 Å². The second-order valence-corrected chi connectivity index (χ2v) is 5.17. The minimum atomic E-state index is -0.204. The molecule has 0 saturated heterocycles. The fourth-order valence-corrected chi connectivity index (χ4v) is 2.24. The van der Waals surface area contributed by atoms with Crippen LogP contribution in [-0.4, -0.2) is 11.7 Å². The number of rotatable bonds is 7. The normalized spacial score (nSPS) is 12.4. The predicted molar refractivity (Wildman–Crippen MR) is 74.0 cm³/mol. The maximum Gasteiger partial charge on any atom is 0.131 e. The molecule has 1 aromatic carbocycles. The summed E-state index contributed by atoms with van der Waals surface area (Å²) in [5.74, 6) is 0.844. The molecule has 1 atom stereocenters. The molecule has 1 rings (SSSR count). The fourth-order valence-electron chi connectivity index (χ4n) is 1.69. The van der Waals surface area contributed by atoms with Crippen molar-refractivity contribution in [2.24, 2.45) is 0 Å². The van der Waals surface area contributed by atoms with Crippen LogP contribution < -0.4 is 0 Å². The molecule has 0 aliphatic heterocycles. The second-order valence-electron chi connectivity index (χ2n) is 4.26. The Bertz CT molecular complexity index is 346. The van der Waals surface area contributed by atoms with Gasteiger partial charge < -0.3 is 0 Å². The van der Waals surface area contributed by atoms with Crippen molar-refractivity contribution in [2.45, 2.75) is 38.0 Å². The van der Waals surface area contributed by atoms with E-state index >= 15 is 0 Å². The lowest BCUT2D eigenvalue weighted by Crippen LogP contribution is -1.98. The number of hydrogen-bond donors (Lipinski definition) is 0. The molecule has 1 aromatic rings. The molecule has 1 unspecified atom stereocenters. The van der Waals surface area contributed by atoms with Gasteiger partial charge in [0.2, 0.25) is 0 Å². The summed E-state index contributed by atoms with van der Waals surface area (Å²) in [6.07, 6.45) is 3.60. The van der Waals surface area contributed by atoms with Crippen LogP contribution in [0.1, 0.15) is 42.7 Å². The number of alkyl halides is 2. The number of hydrogen-bond acceptors (Lipinski definition) is 1. The first-order valence-electron chi connectivity index (χ1n) is 5.92. The zero-order valence-electron chi connectivity index (χ0n) is 10.1. The minimum absolute atomic E-state index is 0.121. The van der Waals surface area contributed by atoms with Gasteiger partial charge in [0.1, 0.15) is 5.78 Å². The standard InChI is InChI=1S/C14H18Cl2O/c1-11(17)10-14(16)13-7-5-12(6-8-13)4-2-3-9-15/h5-8,14H,2-4,9-10H2,1H3. The first kappa shape index (κ1) is 14.5. The molecule has 0 N–H and O–H groups in total. The van der Waals surface area contributed by atoms with Gasteiger partial charge in [0.05, 0.1) is 5.38 Å². The number of unbranched alkanes of at least 4 members (excludes halogenated alkanes) is 1. The van der Waals surface area contributed by atoms with Crippen molar-refractivity contribution >= 4 is 29.0 Å². The number of benzene rings is 1. The van der Waals surface area contributed by atoms with E-state index < -0.39 is 0 Å². The quantitative estimate of drug-likeness (QED) is 0.527. The third-order valence-electron chi connectivity index (χ3n) is 2.66. The Morgan fingerprint density at radius 3 is 2.41 bits per heavy atom. The van der Waals surface area contributed by atoms with E-state index in [0.717, 1.165) is 30.7 Å². The van der Waals surface area contributed by atoms with E-state index in [4.69, 9.17) is 23.2 Å². The SMILES string of the molecule is CC(=O)CC(Cl)c1ccc(CCCCCl)cc1. The highest BCUT2D eigenvalue weighted by Gasteiger charge is 2.09. The van der Waals surface area contributed by atoms with Gasteiger partial charge in [0, 0.05) is 12.3 Å². The Hall–Kier alpha value is -0.530. The molecule has 3 heteroatoms. The van der Waals surface area contributed by atoms with Crippen molar-refractivity contribution in [3.8, 4) is 0 Å². The van der Waals surface area contributed by atoms with Crippen molar-refractivity contribution in [1.29, 1.82) is 0 Å². The number of aryl methyl sites for hydroxylation is 1. The van der Waals surface area contributed by atoms with E-state index in [0.29, 0.717) is 6.42 Å². The highest BCUT2D eigenvalue weighted by molar-refractivity contribution is 6.21. The van der Waals surface area contributed by atoms with Crippen LogP contribution in [0.25, 0.3) is 0 Å². The third-order valence-corrected chi connectivity index (χ3v) is 3.33. The largest absolute Gasteiger partial charge is 0.300 e. The topological polar surface area (TPSA) is 17.1 Å². The number of ketones is 1. The smallest absolute Gasteiger partial charge is 0.131 e. The van der Waals surface area contributed by atoms with Crippen molar-refractivity contribution in [3.63, 3.8) is 0 Å². The predicted octanol–water partition coefficient (Wildman–Crippen LogP) is 4.51. The number of Topliss-reactive ketones (excluding diaryl/α,β-unsaturated/α-hetero) is 1. The van der Waals surface area contributed by atoms with Crippen LogP contribution in [0.15, 0.2) is 24.3 Å². The van der Waals surface area contributed by atoms with Crippen molar-refractivity contribution in [3.05, 3.63) is 35.4 Å². The Kier molecular flexibility index (Phi) is 6.61. The molecule has 1 nitrogen and oxygen atoms in total. The van der Waals surface area contributed by atoms with Crippen molar-refractivity contribution in [2.75, 3.05) is 5.88 Å². The molecule has 0 aliphatic carbocycles. The molecule has 0 spiro atoms. The molecule has 0 bridgehead atoms. The molecule has 0 aromatic heterocycles. The maximum atomic E-state index is 11.0. The van der Waals surface area contributed by atoms with Gasteiger partial charge in [-0.05, 0) is 37.3 Å². The Labute approximate surface area is 113 Å². The molecular formula is C14H18Cl2O. The van der Waals surface area contributed by atoms with Gasteiger partial charge in [0.15, 0.2) is 0 Å². The van der Waals surface area contributed by atoms with Crippen LogP contribution in [0.2, 0.25) is 0 Å². The molecule has 17 heavy (non-hydrogen) atoms. The lowest BCUT2D eigenvalue weighted by atomic mass is 10.0. The molecule has 0 aliphatic rings. The summed E-state index contributed by atoms with van der Waals surface area (Å²) < 4.78 is 0. The highest BCUT2D eigenvalue weighted by Crippen LogP contribution is 2.24. The summed E-state index contributed by atoms with van der Waals surface area (Å²) in [6.45, 7) is 1.57. The van der Waals surface area contributed by atoms with Crippen molar-refractivity contribution in [1.82, 2.24) is 0 Å².